The molecule has 0 radical (unpaired) electrons. The number of anilines is 2. The molecule has 0 unspecified atom stereocenters. The normalized spacial score (nSPS) is 12.2. The Morgan fingerprint density at radius 1 is 1.30 bits per heavy atom. The van der Waals surface area contributed by atoms with Crippen LogP contribution in [-0.2, 0) is 16.2 Å². The second-order valence-electron chi connectivity index (χ2n) is 3.78. The highest BCUT2D eigenvalue weighted by atomic mass is 32.2. The van der Waals surface area contributed by atoms with Gasteiger partial charge in [-0.1, -0.05) is 0 Å². The van der Waals surface area contributed by atoms with Crippen molar-refractivity contribution in [1.82, 2.24) is 9.97 Å². The first-order valence-corrected chi connectivity index (χ1v) is 7.28. The molecular formula is C9H14F3N5O2S. The molecule has 1 aromatic rings. The standard InChI is InChI=1S/C9H14F3N5O2S/c1-2-14-8-16-6(9(10,11)12)5-7(17-8)15-3-4-20(13,18)19/h5H,2-4H2,1H3,(H2,13,18,19)(H2,14,15,16,17). The Balaban J connectivity index is 2.91. The monoisotopic (exact) mass is 313 g/mol. The fraction of sp³-hybridized carbons (Fsp3) is 0.556. The summed E-state index contributed by atoms with van der Waals surface area (Å²) in [6, 6.07) is 0.698. The van der Waals surface area contributed by atoms with Crippen molar-refractivity contribution in [1.29, 1.82) is 0 Å². The Labute approximate surface area is 113 Å². The number of nitrogens with zero attached hydrogens (tertiary/aromatic N) is 2. The number of primary sulfonamides is 1. The van der Waals surface area contributed by atoms with E-state index in [1.54, 1.807) is 6.92 Å². The highest BCUT2D eigenvalue weighted by molar-refractivity contribution is 7.89. The van der Waals surface area contributed by atoms with Crippen LogP contribution in [0, 0.1) is 0 Å². The van der Waals surface area contributed by atoms with Crippen molar-refractivity contribution in [3.05, 3.63) is 11.8 Å². The lowest BCUT2D eigenvalue weighted by molar-refractivity contribution is -0.141. The van der Waals surface area contributed by atoms with Gasteiger partial charge >= 0.3 is 6.18 Å². The van der Waals surface area contributed by atoms with Gasteiger partial charge in [0.1, 0.15) is 5.82 Å². The van der Waals surface area contributed by atoms with Gasteiger partial charge in [-0.15, -0.1) is 0 Å². The van der Waals surface area contributed by atoms with E-state index >= 15 is 0 Å². The molecule has 0 bridgehead atoms. The Morgan fingerprint density at radius 3 is 2.45 bits per heavy atom. The van der Waals surface area contributed by atoms with Crippen molar-refractivity contribution in [2.24, 2.45) is 5.14 Å². The smallest absolute Gasteiger partial charge is 0.369 e. The van der Waals surface area contributed by atoms with Gasteiger partial charge in [-0.05, 0) is 6.92 Å². The zero-order valence-corrected chi connectivity index (χ0v) is 11.3. The second-order valence-corrected chi connectivity index (χ2v) is 5.52. The maximum atomic E-state index is 12.6. The zero-order valence-electron chi connectivity index (χ0n) is 10.5. The lowest BCUT2D eigenvalue weighted by Gasteiger charge is -2.11. The highest BCUT2D eigenvalue weighted by Gasteiger charge is 2.33. The summed E-state index contributed by atoms with van der Waals surface area (Å²) in [4.78, 5) is 7.11. The maximum absolute atomic E-state index is 12.6. The van der Waals surface area contributed by atoms with E-state index in [0.717, 1.165) is 0 Å². The SMILES string of the molecule is CCNc1nc(NCCS(N)(=O)=O)cc(C(F)(F)F)n1. The van der Waals surface area contributed by atoms with Crippen LogP contribution in [0.15, 0.2) is 6.07 Å². The van der Waals surface area contributed by atoms with Gasteiger partial charge in [0.05, 0.1) is 5.75 Å². The molecule has 7 nitrogen and oxygen atoms in total. The molecular weight excluding hydrogens is 299 g/mol. The van der Waals surface area contributed by atoms with E-state index in [2.05, 4.69) is 20.6 Å². The fourth-order valence-electron chi connectivity index (χ4n) is 1.24. The summed E-state index contributed by atoms with van der Waals surface area (Å²) >= 11 is 0. The summed E-state index contributed by atoms with van der Waals surface area (Å²) < 4.78 is 59.4. The third-order valence-electron chi connectivity index (χ3n) is 2.04. The average molecular weight is 313 g/mol. The molecule has 0 saturated heterocycles. The van der Waals surface area contributed by atoms with Crippen LogP contribution in [0.5, 0.6) is 0 Å². The van der Waals surface area contributed by atoms with Crippen molar-refractivity contribution in [2.75, 3.05) is 29.5 Å². The van der Waals surface area contributed by atoms with Gasteiger partial charge in [-0.3, -0.25) is 0 Å². The molecule has 1 aromatic heterocycles. The van der Waals surface area contributed by atoms with Crippen LogP contribution in [0.3, 0.4) is 0 Å². The zero-order chi connectivity index (χ0) is 15.4. The van der Waals surface area contributed by atoms with Crippen molar-refractivity contribution >= 4 is 21.8 Å². The van der Waals surface area contributed by atoms with E-state index in [-0.39, 0.29) is 18.3 Å². The molecule has 0 amide bonds. The summed E-state index contributed by atoms with van der Waals surface area (Å²) in [5.74, 6) is -0.748. The highest BCUT2D eigenvalue weighted by Crippen LogP contribution is 2.29. The predicted octanol–water partition coefficient (Wildman–Crippen LogP) is 0.628. The molecule has 4 N–H and O–H groups in total. The number of sulfonamides is 1. The lowest BCUT2D eigenvalue weighted by Crippen LogP contribution is -2.23. The summed E-state index contributed by atoms with van der Waals surface area (Å²) in [6.45, 7) is 1.87. The summed E-state index contributed by atoms with van der Waals surface area (Å²) in [6.07, 6.45) is -4.62. The van der Waals surface area contributed by atoms with Gasteiger partial charge in [0, 0.05) is 19.2 Å². The number of nitrogens with two attached hydrogens (primary N) is 1. The van der Waals surface area contributed by atoms with Crippen LogP contribution in [0.1, 0.15) is 12.6 Å². The molecule has 0 aliphatic rings. The maximum Gasteiger partial charge on any atom is 0.433 e. The number of nitrogens with one attached hydrogen (secondary N) is 2. The van der Waals surface area contributed by atoms with Crippen molar-refractivity contribution in [2.45, 2.75) is 13.1 Å². The van der Waals surface area contributed by atoms with Gasteiger partial charge in [0.25, 0.3) is 0 Å². The molecule has 0 saturated carbocycles. The molecule has 0 spiro atoms. The van der Waals surface area contributed by atoms with Gasteiger partial charge in [0.15, 0.2) is 5.69 Å². The van der Waals surface area contributed by atoms with E-state index in [1.165, 1.54) is 0 Å². The number of hydrogen-bond donors (Lipinski definition) is 3. The molecule has 20 heavy (non-hydrogen) atoms. The number of halogens is 3. The van der Waals surface area contributed by atoms with Crippen LogP contribution in [0.4, 0.5) is 24.9 Å². The first-order valence-electron chi connectivity index (χ1n) is 5.56. The van der Waals surface area contributed by atoms with Gasteiger partial charge in [-0.2, -0.15) is 18.2 Å². The van der Waals surface area contributed by atoms with Crippen molar-refractivity contribution in [3.8, 4) is 0 Å². The number of hydrogen-bond acceptors (Lipinski definition) is 6. The topological polar surface area (TPSA) is 110 Å². The van der Waals surface area contributed by atoms with Gasteiger partial charge in [-0.25, -0.2) is 18.5 Å². The van der Waals surface area contributed by atoms with Crippen molar-refractivity contribution in [3.63, 3.8) is 0 Å². The second kappa shape index (κ2) is 6.22. The first-order chi connectivity index (χ1) is 9.12. The Kier molecular flexibility index (Phi) is 5.11. The van der Waals surface area contributed by atoms with Gasteiger partial charge < -0.3 is 10.6 Å². The molecule has 1 heterocycles. The average Bonchev–Trinajstić information content (AvgIpc) is 2.26. The molecule has 0 atom stereocenters. The fourth-order valence-corrected chi connectivity index (χ4v) is 1.63. The molecule has 1 rings (SSSR count). The molecule has 0 aromatic carbocycles. The molecule has 0 aliphatic carbocycles. The van der Waals surface area contributed by atoms with Crippen LogP contribution in [0.25, 0.3) is 0 Å². The first kappa shape index (κ1) is 16.4. The predicted molar refractivity (Wildman–Crippen MR) is 67.7 cm³/mol. The third kappa shape index (κ3) is 5.57. The minimum Gasteiger partial charge on any atom is -0.369 e. The Morgan fingerprint density at radius 2 is 1.95 bits per heavy atom. The summed E-state index contributed by atoms with van der Waals surface area (Å²) in [5.41, 5.74) is -1.12. The van der Waals surface area contributed by atoms with Crippen LogP contribution in [0.2, 0.25) is 0 Å². The summed E-state index contributed by atoms with van der Waals surface area (Å²) in [7, 11) is -3.70. The number of aromatic nitrogens is 2. The van der Waals surface area contributed by atoms with E-state index < -0.39 is 27.6 Å². The van der Waals surface area contributed by atoms with E-state index in [4.69, 9.17) is 5.14 Å². The minimum absolute atomic E-state index is 0.132. The Bertz CT molecular complexity index is 561. The Hall–Kier alpha value is -1.62. The molecule has 0 aliphatic heterocycles. The summed E-state index contributed by atoms with van der Waals surface area (Å²) in [5, 5.41) is 9.81. The molecule has 0 fully saturated rings. The van der Waals surface area contributed by atoms with Crippen LogP contribution >= 0.6 is 0 Å². The van der Waals surface area contributed by atoms with E-state index in [0.29, 0.717) is 12.6 Å². The van der Waals surface area contributed by atoms with Crippen LogP contribution in [-0.4, -0.2) is 37.2 Å². The van der Waals surface area contributed by atoms with E-state index in [9.17, 15) is 21.6 Å². The van der Waals surface area contributed by atoms with Crippen LogP contribution < -0.4 is 15.8 Å². The quantitative estimate of drug-likeness (QED) is 0.710. The molecule has 11 heteroatoms. The minimum atomic E-state index is -4.62. The molecule has 114 valence electrons. The third-order valence-corrected chi connectivity index (χ3v) is 2.82. The number of alkyl halides is 3. The van der Waals surface area contributed by atoms with Gasteiger partial charge in [0.2, 0.25) is 16.0 Å². The largest absolute Gasteiger partial charge is 0.433 e. The lowest BCUT2D eigenvalue weighted by atomic mass is 10.3. The van der Waals surface area contributed by atoms with E-state index in [1.807, 2.05) is 0 Å². The number of rotatable bonds is 6. The van der Waals surface area contributed by atoms with Crippen molar-refractivity contribution < 1.29 is 21.6 Å².